The van der Waals surface area contributed by atoms with Crippen molar-refractivity contribution in [1.29, 1.82) is 0 Å². The quantitative estimate of drug-likeness (QED) is 0.182. The molecule has 5 rings (SSSR count). The van der Waals surface area contributed by atoms with Crippen molar-refractivity contribution < 1.29 is 28.1 Å². The highest BCUT2D eigenvalue weighted by molar-refractivity contribution is 7.81. The molecular formula is C30H34N6O6S. The number of carbonyl (C=O) groups excluding carboxylic acids is 1. The summed E-state index contributed by atoms with van der Waals surface area (Å²) in [4.78, 5) is 24.3. The van der Waals surface area contributed by atoms with Gasteiger partial charge in [0, 0.05) is 42.7 Å². The summed E-state index contributed by atoms with van der Waals surface area (Å²) in [5.74, 6) is 1.34. The van der Waals surface area contributed by atoms with Crippen molar-refractivity contribution >= 4 is 56.9 Å². The van der Waals surface area contributed by atoms with Crippen LogP contribution in [0.2, 0.25) is 0 Å². The van der Waals surface area contributed by atoms with Crippen molar-refractivity contribution in [2.75, 3.05) is 55.4 Å². The molecule has 0 bridgehead atoms. The van der Waals surface area contributed by atoms with Gasteiger partial charge in [0.05, 0.1) is 37.5 Å². The molecule has 13 heteroatoms. The Morgan fingerprint density at radius 1 is 1.02 bits per heavy atom. The Kier molecular flexibility index (Phi) is 9.67. The number of hydrogen-bond donors (Lipinski definition) is 4. The van der Waals surface area contributed by atoms with Gasteiger partial charge >= 0.3 is 0 Å². The number of piperidine rings is 1. The topological polar surface area (TPSA) is 149 Å². The lowest BCUT2D eigenvalue weighted by Gasteiger charge is -2.31. The van der Waals surface area contributed by atoms with Gasteiger partial charge in [-0.1, -0.05) is 18.2 Å². The molecule has 2 atom stereocenters. The molecule has 1 aliphatic rings. The number of likely N-dealkylation sites (tertiary alicyclic amines) is 1. The summed E-state index contributed by atoms with van der Waals surface area (Å²) in [6.07, 6.45) is 1.88. The first-order chi connectivity index (χ1) is 20.9. The largest absolute Gasteiger partial charge is 0.497 e. The normalized spacial score (nSPS) is 16.0. The SMILES string of the molecule is COc1cc(Nc2nc3ccccc3nc2N(c2cccc(NC(=O)CN3CCCC(CO)C3)c2)S(=O)O)cc(OC)c1. The molecule has 1 amide bonds. The number of para-hydroxylation sites is 2. The molecule has 3 aromatic carbocycles. The van der Waals surface area contributed by atoms with E-state index < -0.39 is 11.3 Å². The number of aliphatic hydroxyl groups is 1. The van der Waals surface area contributed by atoms with Gasteiger partial charge in [0.1, 0.15) is 11.5 Å². The van der Waals surface area contributed by atoms with Gasteiger partial charge in [-0.05, 0) is 55.6 Å². The van der Waals surface area contributed by atoms with E-state index in [-0.39, 0.29) is 36.6 Å². The number of ether oxygens (including phenoxy) is 2. The molecule has 2 unspecified atom stereocenters. The molecule has 1 fully saturated rings. The standard InChI is InChI=1S/C30H34N6O6S/c1-41-24-14-22(15-25(16-24)42-2)32-29-30(34-27-11-4-3-10-26(27)33-29)36(43(39)40)23-9-5-8-21(13-23)31-28(38)18-35-12-6-7-20(17-35)19-37/h3-5,8-11,13-16,20,37H,6-7,12,17-19H2,1-2H3,(H,31,38)(H,32,33)(H,39,40). The zero-order chi connectivity index (χ0) is 30.3. The van der Waals surface area contributed by atoms with E-state index >= 15 is 0 Å². The number of fused-ring (bicyclic) bond motifs is 1. The van der Waals surface area contributed by atoms with Crippen LogP contribution in [0, 0.1) is 5.92 Å². The maximum Gasteiger partial charge on any atom is 0.268 e. The number of nitrogens with zero attached hydrogens (tertiary/aromatic N) is 4. The van der Waals surface area contributed by atoms with E-state index in [1.807, 2.05) is 17.0 Å². The summed E-state index contributed by atoms with van der Waals surface area (Å²) in [5, 5.41) is 15.6. The molecule has 226 valence electrons. The highest BCUT2D eigenvalue weighted by atomic mass is 32.2. The fourth-order valence-corrected chi connectivity index (χ4v) is 5.65. The van der Waals surface area contributed by atoms with Gasteiger partial charge in [0.15, 0.2) is 11.6 Å². The summed E-state index contributed by atoms with van der Waals surface area (Å²) in [6.45, 7) is 1.74. The van der Waals surface area contributed by atoms with E-state index in [1.54, 1.807) is 68.8 Å². The molecule has 0 saturated carbocycles. The second-order valence-corrected chi connectivity index (χ2v) is 11.0. The fourth-order valence-electron chi connectivity index (χ4n) is 5.08. The van der Waals surface area contributed by atoms with Crippen LogP contribution in [0.25, 0.3) is 11.0 Å². The van der Waals surface area contributed by atoms with Crippen molar-refractivity contribution in [2.45, 2.75) is 12.8 Å². The molecule has 0 radical (unpaired) electrons. The number of aromatic nitrogens is 2. The number of nitrogens with one attached hydrogen (secondary N) is 2. The summed E-state index contributed by atoms with van der Waals surface area (Å²) in [7, 11) is 3.08. The van der Waals surface area contributed by atoms with Crippen molar-refractivity contribution in [3.63, 3.8) is 0 Å². The van der Waals surface area contributed by atoms with Crippen LogP contribution in [-0.2, 0) is 16.1 Å². The number of aliphatic hydroxyl groups excluding tert-OH is 1. The smallest absolute Gasteiger partial charge is 0.268 e. The van der Waals surface area contributed by atoms with Crippen LogP contribution >= 0.6 is 0 Å². The molecule has 1 aromatic heterocycles. The number of benzene rings is 3. The number of methoxy groups -OCH3 is 2. The lowest BCUT2D eigenvalue weighted by Crippen LogP contribution is -2.41. The molecule has 4 N–H and O–H groups in total. The van der Waals surface area contributed by atoms with Crippen molar-refractivity contribution in [2.24, 2.45) is 5.92 Å². The van der Waals surface area contributed by atoms with Crippen LogP contribution in [-0.4, -0.2) is 75.1 Å². The van der Waals surface area contributed by atoms with Gasteiger partial charge in [0.25, 0.3) is 11.3 Å². The van der Waals surface area contributed by atoms with E-state index in [9.17, 15) is 18.7 Å². The summed E-state index contributed by atoms with van der Waals surface area (Å²) in [5.41, 5.74) is 2.43. The lowest BCUT2D eigenvalue weighted by molar-refractivity contribution is -0.117. The zero-order valence-corrected chi connectivity index (χ0v) is 24.7. The van der Waals surface area contributed by atoms with Crippen molar-refractivity contribution in [3.8, 4) is 11.5 Å². The van der Waals surface area contributed by atoms with Crippen LogP contribution in [0.4, 0.5) is 28.7 Å². The Balaban J connectivity index is 1.47. The van der Waals surface area contributed by atoms with E-state index in [2.05, 4.69) is 10.6 Å². The predicted octanol–water partition coefficient (Wildman–Crippen LogP) is 4.31. The number of anilines is 5. The summed E-state index contributed by atoms with van der Waals surface area (Å²) in [6, 6.07) is 19.1. The molecular weight excluding hydrogens is 572 g/mol. The Morgan fingerprint density at radius 2 is 1.74 bits per heavy atom. The van der Waals surface area contributed by atoms with Gasteiger partial charge in [-0.3, -0.25) is 14.2 Å². The maximum atomic E-state index is 12.9. The Hall–Kier alpha value is -4.30. The first-order valence-corrected chi connectivity index (χ1v) is 14.8. The van der Waals surface area contributed by atoms with E-state index in [4.69, 9.17) is 19.4 Å². The van der Waals surface area contributed by atoms with Gasteiger partial charge in [-0.15, -0.1) is 0 Å². The Morgan fingerprint density at radius 3 is 2.42 bits per heavy atom. The fraction of sp³-hybridized carbons (Fsp3) is 0.300. The molecule has 1 saturated heterocycles. The highest BCUT2D eigenvalue weighted by Crippen LogP contribution is 2.36. The van der Waals surface area contributed by atoms with Crippen LogP contribution in [0.15, 0.2) is 66.7 Å². The Bertz CT molecular complexity index is 1600. The van der Waals surface area contributed by atoms with Gasteiger partial charge in [0.2, 0.25) is 5.91 Å². The minimum atomic E-state index is -2.56. The summed E-state index contributed by atoms with van der Waals surface area (Å²) >= 11 is -2.56. The first kappa shape index (κ1) is 30.2. The average Bonchev–Trinajstić information content (AvgIpc) is 3.01. The lowest BCUT2D eigenvalue weighted by atomic mass is 9.99. The predicted molar refractivity (Wildman–Crippen MR) is 167 cm³/mol. The number of hydrogen-bond acceptors (Lipinski definition) is 9. The monoisotopic (exact) mass is 606 g/mol. The zero-order valence-electron chi connectivity index (χ0n) is 23.9. The van der Waals surface area contributed by atoms with Crippen molar-refractivity contribution in [1.82, 2.24) is 14.9 Å². The number of carbonyl (C=O) groups is 1. The molecule has 4 aromatic rings. The number of rotatable bonds is 11. The third kappa shape index (κ3) is 7.38. The molecule has 1 aliphatic heterocycles. The molecule has 43 heavy (non-hydrogen) atoms. The van der Waals surface area contributed by atoms with Crippen LogP contribution < -0.4 is 24.4 Å². The maximum absolute atomic E-state index is 12.9. The summed E-state index contributed by atoms with van der Waals surface area (Å²) < 4.78 is 35.3. The van der Waals surface area contributed by atoms with Crippen LogP contribution in [0.3, 0.4) is 0 Å². The molecule has 0 spiro atoms. The van der Waals surface area contributed by atoms with Gasteiger partial charge < -0.3 is 25.2 Å². The van der Waals surface area contributed by atoms with Gasteiger partial charge in [-0.2, -0.15) is 0 Å². The average molecular weight is 607 g/mol. The first-order valence-electron chi connectivity index (χ1n) is 13.8. The van der Waals surface area contributed by atoms with Crippen LogP contribution in [0.5, 0.6) is 11.5 Å². The molecule has 12 nitrogen and oxygen atoms in total. The number of amides is 1. The second-order valence-electron chi connectivity index (χ2n) is 10.2. The third-order valence-electron chi connectivity index (χ3n) is 7.11. The minimum Gasteiger partial charge on any atom is -0.497 e. The van der Waals surface area contributed by atoms with E-state index in [1.165, 1.54) is 0 Å². The minimum absolute atomic E-state index is 0.0909. The van der Waals surface area contributed by atoms with Crippen LogP contribution in [0.1, 0.15) is 12.8 Å². The van der Waals surface area contributed by atoms with E-state index in [0.717, 1.165) is 23.7 Å². The van der Waals surface area contributed by atoms with E-state index in [0.29, 0.717) is 46.1 Å². The van der Waals surface area contributed by atoms with Crippen molar-refractivity contribution in [3.05, 3.63) is 66.7 Å². The second kappa shape index (κ2) is 13.8. The molecule has 2 heterocycles. The van der Waals surface area contributed by atoms with Gasteiger partial charge in [-0.25, -0.2) is 18.5 Å². The Labute approximate surface area is 252 Å². The highest BCUT2D eigenvalue weighted by Gasteiger charge is 2.24. The molecule has 0 aliphatic carbocycles. The third-order valence-corrected chi connectivity index (χ3v) is 7.80.